The summed E-state index contributed by atoms with van der Waals surface area (Å²) >= 11 is 0. The lowest BCUT2D eigenvalue weighted by atomic mass is 10.0. The molecule has 0 atom stereocenters. The molecule has 14 rings (SSSR count). The number of nitrogens with zero attached hydrogens (tertiary/aromatic N) is 18. The molecule has 0 saturated carbocycles. The lowest BCUT2D eigenvalue weighted by Crippen LogP contribution is -2.21. The minimum absolute atomic E-state index is 0.150. The highest BCUT2D eigenvalue weighted by atomic mass is 19.4. The predicted octanol–water partition coefficient (Wildman–Crippen LogP) is 19.7. The fourth-order valence-electron chi connectivity index (χ4n) is 11.0. The van der Waals surface area contributed by atoms with Gasteiger partial charge < -0.3 is 9.13 Å². The number of aromatic nitrogens is 16. The minimum atomic E-state index is -5.04. The van der Waals surface area contributed by atoms with Gasteiger partial charge in [-0.05, 0) is 172 Å². The molecule has 8 aromatic heterocycles. The molecule has 18 nitrogen and oxygen atoms in total. The number of pyridine rings is 2. The largest absolute Gasteiger partial charge is 0.451 e. The van der Waals surface area contributed by atoms with Crippen molar-refractivity contribution < 1.29 is 26.3 Å². The van der Waals surface area contributed by atoms with Crippen molar-refractivity contribution >= 4 is 22.1 Å². The third kappa shape index (κ3) is 17.7. The molecule has 6 aromatic carbocycles. The Morgan fingerprint density at radius 1 is 0.340 bits per heavy atom. The van der Waals surface area contributed by atoms with Crippen LogP contribution in [-0.4, -0.2) is 78.9 Å². The number of aryl methyl sites for hydroxylation is 4. The molecule has 0 radical (unpaired) electrons. The third-order valence-electron chi connectivity index (χ3n) is 16.7. The number of fused-ring (bicyclic) bond motifs is 2. The molecule has 0 N–H and O–H groups in total. The molecule has 0 bridgehead atoms. The van der Waals surface area contributed by atoms with Gasteiger partial charge in [0.1, 0.15) is 34.6 Å². The average Bonchev–Trinajstić information content (AvgIpc) is 1.56. The molecular weight excluding hydrogens is 1350 g/mol. The van der Waals surface area contributed by atoms with Crippen molar-refractivity contribution in [1.29, 1.82) is 10.5 Å². The van der Waals surface area contributed by atoms with Crippen molar-refractivity contribution in [3.63, 3.8) is 0 Å². The second-order valence-electron chi connectivity index (χ2n) is 26.3. The maximum atomic E-state index is 12.3. The molecule has 106 heavy (non-hydrogen) atoms. The number of benzene rings is 6. The summed E-state index contributed by atoms with van der Waals surface area (Å²) < 4.78 is 77.8. The van der Waals surface area contributed by atoms with Gasteiger partial charge in [-0.2, -0.15) is 36.9 Å². The van der Waals surface area contributed by atoms with Gasteiger partial charge in [-0.25, -0.2) is 69.8 Å². The molecule has 0 spiro atoms. The molecule has 0 aliphatic rings. The maximum absolute atomic E-state index is 12.3. The first-order valence-corrected chi connectivity index (χ1v) is 34.0. The lowest BCUT2D eigenvalue weighted by molar-refractivity contribution is -0.155. The van der Waals surface area contributed by atoms with E-state index in [4.69, 9.17) is 40.4 Å². The summed E-state index contributed by atoms with van der Waals surface area (Å²) in [5.41, 5.74) is 15.7. The number of rotatable bonds is 12. The van der Waals surface area contributed by atoms with E-state index >= 15 is 0 Å². The van der Waals surface area contributed by atoms with Crippen LogP contribution in [0.3, 0.4) is 0 Å². The Morgan fingerprint density at radius 3 is 0.943 bits per heavy atom. The molecule has 0 amide bonds. The quantitative estimate of drug-likeness (QED) is 0.103. The molecule has 8 heterocycles. The van der Waals surface area contributed by atoms with Gasteiger partial charge in [0.15, 0.2) is 34.9 Å². The topological polar surface area (TPSA) is 238 Å². The van der Waals surface area contributed by atoms with Gasteiger partial charge in [-0.3, -0.25) is 0 Å². The van der Waals surface area contributed by atoms with Crippen molar-refractivity contribution in [3.8, 4) is 91.8 Å². The monoisotopic (exact) mass is 1420 g/mol. The van der Waals surface area contributed by atoms with E-state index in [1.807, 2.05) is 75.0 Å². The first kappa shape index (κ1) is 74.5. The van der Waals surface area contributed by atoms with Crippen LogP contribution in [0.1, 0.15) is 147 Å². The van der Waals surface area contributed by atoms with Crippen LogP contribution in [0.4, 0.5) is 26.3 Å². The highest BCUT2D eigenvalue weighted by Crippen LogP contribution is 2.34. The van der Waals surface area contributed by atoms with Gasteiger partial charge in [0.05, 0.1) is 23.3 Å². The van der Waals surface area contributed by atoms with Gasteiger partial charge in [-0.15, -0.1) is 0 Å². The van der Waals surface area contributed by atoms with E-state index in [1.54, 1.807) is 24.3 Å². The summed E-state index contributed by atoms with van der Waals surface area (Å²) in [7, 11) is 0. The van der Waals surface area contributed by atoms with Crippen LogP contribution in [0.5, 0.6) is 0 Å². The van der Waals surface area contributed by atoms with Gasteiger partial charge >= 0.3 is 12.4 Å². The highest BCUT2D eigenvalue weighted by molar-refractivity contribution is 5.79. The van der Waals surface area contributed by atoms with Gasteiger partial charge in [0, 0.05) is 104 Å². The summed E-state index contributed by atoms with van der Waals surface area (Å²) in [6.07, 6.45) is -2.35. The van der Waals surface area contributed by atoms with Crippen LogP contribution in [0, 0.1) is 50.4 Å². The predicted molar refractivity (Wildman–Crippen MR) is 396 cm³/mol. The number of alkyl halides is 6. The number of nitriles is 2. The SMILES string of the molecule is CC(C)c1nc(-c2ccc(-n3ccc4cccnc43)cc2)nc(-c2ccc(-n3ccc4cccnc43)cc2)n1.CC(C)c1nc(-c2ccc(C#N)cc2)nc(-c2ccc(C#N)cc2)n1.CC(C)c1nc(C(F)(F)F)nc(C(F)(F)F)n1.Cc1ccc(-c2nc(-c3ccc(C)cc3C)nc(C(C)C)n2)c(C)c1. The molecule has 0 aliphatic carbocycles. The average molecular weight is 1420 g/mol. The Labute approximate surface area is 608 Å². The summed E-state index contributed by atoms with van der Waals surface area (Å²) in [6, 6.07) is 60.0. The van der Waals surface area contributed by atoms with Crippen LogP contribution in [0.2, 0.25) is 0 Å². The Bertz CT molecular complexity index is 5230. The first-order chi connectivity index (χ1) is 50.6. The second kappa shape index (κ2) is 31.9. The van der Waals surface area contributed by atoms with Gasteiger partial charge in [0.2, 0.25) is 11.6 Å². The molecular formula is C82H72F6N18. The number of hydrogen-bond acceptors (Lipinski definition) is 16. The van der Waals surface area contributed by atoms with Gasteiger partial charge in [0.25, 0.3) is 0 Å². The normalized spacial score (nSPS) is 11.4. The van der Waals surface area contributed by atoms with E-state index in [0.29, 0.717) is 40.2 Å². The second-order valence-corrected chi connectivity index (χ2v) is 26.3. The number of halogens is 6. The van der Waals surface area contributed by atoms with Crippen molar-refractivity contribution in [2.24, 2.45) is 0 Å². The van der Waals surface area contributed by atoms with Crippen molar-refractivity contribution in [1.82, 2.24) is 78.9 Å². The standard InChI is InChI=1S/C32H25N7.C22H25N3.C20H15N5.C8H7F6N3/c1-21(2)28-35-29(22-7-11-26(12-8-22)38-19-15-24-5-3-17-33-31(24)38)37-30(36-28)23-9-13-27(14-10-23)39-20-16-25-6-4-18-34-32(25)39;1-13(2)20-23-21(18-9-7-14(3)11-16(18)5)25-22(24-20)19-10-8-15(4)12-17(19)6;1-13(2)18-23-19(16-7-3-14(11-21)4-8-16)25-20(24-18)17-9-5-15(12-22)6-10-17;1-3(2)4-15-5(7(9,10)11)17-6(16-4)8(12,13)14/h3-21H,1-2H3;7-13H,1-6H3;3-10,13H,1-2H3;3H,1-2H3. The zero-order chi connectivity index (χ0) is 75.7. The summed E-state index contributed by atoms with van der Waals surface area (Å²) in [5.74, 6) is 1.98. The zero-order valence-electron chi connectivity index (χ0n) is 60.1. The van der Waals surface area contributed by atoms with E-state index in [2.05, 4.69) is 226 Å². The fourth-order valence-corrected chi connectivity index (χ4v) is 11.0. The third-order valence-corrected chi connectivity index (χ3v) is 16.7. The number of hydrogen-bond donors (Lipinski definition) is 0. The Morgan fingerprint density at radius 2 is 0.642 bits per heavy atom. The molecule has 532 valence electrons. The highest BCUT2D eigenvalue weighted by Gasteiger charge is 2.42. The Hall–Kier alpha value is -12.7. The molecule has 0 fully saturated rings. The van der Waals surface area contributed by atoms with Crippen LogP contribution < -0.4 is 0 Å². The summed E-state index contributed by atoms with van der Waals surface area (Å²) in [6.45, 7) is 23.7. The summed E-state index contributed by atoms with van der Waals surface area (Å²) in [5, 5.41) is 20.1. The zero-order valence-corrected chi connectivity index (χ0v) is 60.1. The molecule has 0 unspecified atom stereocenters. The van der Waals surface area contributed by atoms with E-state index < -0.39 is 35.7 Å². The van der Waals surface area contributed by atoms with Crippen LogP contribution in [0.25, 0.3) is 102 Å². The van der Waals surface area contributed by atoms with Crippen LogP contribution in [-0.2, 0) is 12.4 Å². The Kier molecular flexibility index (Phi) is 22.4. The summed E-state index contributed by atoms with van der Waals surface area (Å²) in [4.78, 5) is 59.9. The van der Waals surface area contributed by atoms with Crippen LogP contribution >= 0.6 is 0 Å². The Balaban J connectivity index is 0.000000148. The maximum Gasteiger partial charge on any atom is 0.451 e. The molecule has 0 aliphatic heterocycles. The van der Waals surface area contributed by atoms with Crippen molar-refractivity contribution in [2.75, 3.05) is 0 Å². The van der Waals surface area contributed by atoms with E-state index in [-0.39, 0.29) is 17.8 Å². The molecule has 24 heteroatoms. The van der Waals surface area contributed by atoms with E-state index in [1.165, 1.54) is 36.1 Å². The van der Waals surface area contributed by atoms with Gasteiger partial charge in [-0.1, -0.05) is 103 Å². The van der Waals surface area contributed by atoms with E-state index in [0.717, 1.165) is 90.1 Å². The molecule has 14 aromatic rings. The first-order valence-electron chi connectivity index (χ1n) is 34.0. The van der Waals surface area contributed by atoms with Crippen LogP contribution in [0.15, 0.2) is 195 Å². The fraction of sp³-hybridized carbons (Fsp3) is 0.220. The van der Waals surface area contributed by atoms with Crippen molar-refractivity contribution in [3.05, 3.63) is 263 Å². The smallest absolute Gasteiger partial charge is 0.301 e. The van der Waals surface area contributed by atoms with E-state index in [9.17, 15) is 26.3 Å². The van der Waals surface area contributed by atoms with Crippen molar-refractivity contribution in [2.45, 2.75) is 119 Å². The minimum Gasteiger partial charge on any atom is -0.301 e. The molecule has 0 saturated heterocycles. The lowest BCUT2D eigenvalue weighted by Gasteiger charge is -2.13.